The summed E-state index contributed by atoms with van der Waals surface area (Å²) in [7, 11) is -8.67. The van der Waals surface area contributed by atoms with Gasteiger partial charge in [-0.1, -0.05) is 77.0 Å². The molecule has 4 N–H and O–H groups in total. The molecule has 0 amide bonds. The van der Waals surface area contributed by atoms with Gasteiger partial charge < -0.3 is 14.3 Å². The number of phosphoric ester groups is 2. The number of phosphoric acid groups is 2. The van der Waals surface area contributed by atoms with Gasteiger partial charge in [0.15, 0.2) is 0 Å². The van der Waals surface area contributed by atoms with E-state index in [9.17, 15) is 9.13 Å². The molecule has 0 heterocycles. The van der Waals surface area contributed by atoms with Crippen LogP contribution in [0.1, 0.15) is 96.3 Å². The second-order valence-electron chi connectivity index (χ2n) is 7.03. The van der Waals surface area contributed by atoms with Crippen molar-refractivity contribution in [3.63, 3.8) is 0 Å². The summed E-state index contributed by atoms with van der Waals surface area (Å²) in [6, 6.07) is 0. The monoisotopic (exact) mass is 444 g/mol. The highest BCUT2D eigenvalue weighted by molar-refractivity contribution is 7.46. The van der Waals surface area contributed by atoms with Crippen molar-refractivity contribution in [1.29, 1.82) is 0 Å². The highest BCUT2D eigenvalue weighted by atomic mass is 31.2. The van der Waals surface area contributed by atoms with Crippen molar-refractivity contribution in [2.45, 2.75) is 96.3 Å². The molecule has 0 aliphatic carbocycles. The Kier molecular flexibility index (Phi) is 17.5. The van der Waals surface area contributed by atoms with Crippen molar-refractivity contribution >= 4 is 15.6 Å². The molecule has 28 heavy (non-hydrogen) atoms. The van der Waals surface area contributed by atoms with Gasteiger partial charge in [0.05, 0.1) is 12.9 Å². The van der Waals surface area contributed by atoms with Crippen molar-refractivity contribution < 1.29 is 37.8 Å². The predicted molar refractivity (Wildman–Crippen MR) is 110 cm³/mol. The molecular formula is C18H38O8P2. The lowest BCUT2D eigenvalue weighted by Crippen LogP contribution is -1.92. The minimum atomic E-state index is -4.38. The Balaban J connectivity index is 3.14. The van der Waals surface area contributed by atoms with E-state index < -0.39 is 15.6 Å². The quantitative estimate of drug-likeness (QED) is 0.109. The summed E-state index contributed by atoms with van der Waals surface area (Å²) in [4.78, 5) is 34.1. The number of unbranched alkanes of at least 4 members (excludes halogenated alkanes) is 14. The third kappa shape index (κ3) is 25.8. The Morgan fingerprint density at radius 1 is 0.571 bits per heavy atom. The summed E-state index contributed by atoms with van der Waals surface area (Å²) in [6.07, 6.45) is 19.5. The molecule has 0 saturated heterocycles. The van der Waals surface area contributed by atoms with Crippen molar-refractivity contribution in [2.75, 3.05) is 6.61 Å². The van der Waals surface area contributed by atoms with Crippen LogP contribution < -0.4 is 0 Å². The van der Waals surface area contributed by atoms with Gasteiger partial charge in [-0.05, 0) is 25.3 Å². The summed E-state index contributed by atoms with van der Waals surface area (Å²) < 4.78 is 29.5. The van der Waals surface area contributed by atoms with Gasteiger partial charge in [-0.15, -0.1) is 0 Å². The SMILES string of the molecule is O=P(O)(O)O/C=C/CCCCCCCCCCCCCCCCOP(=O)(O)O. The largest absolute Gasteiger partial charge is 0.524 e. The molecule has 0 bridgehead atoms. The van der Waals surface area contributed by atoms with Crippen LogP contribution >= 0.6 is 15.6 Å². The van der Waals surface area contributed by atoms with Gasteiger partial charge in [-0.2, -0.15) is 0 Å². The molecular weight excluding hydrogens is 406 g/mol. The molecule has 168 valence electrons. The van der Waals surface area contributed by atoms with E-state index in [0.717, 1.165) is 38.4 Å². The van der Waals surface area contributed by atoms with Gasteiger partial charge in [0, 0.05) is 0 Å². The molecule has 0 aliphatic rings. The molecule has 8 nitrogen and oxygen atoms in total. The zero-order chi connectivity index (χ0) is 21.1. The first-order valence-corrected chi connectivity index (χ1v) is 13.4. The first-order valence-electron chi connectivity index (χ1n) is 10.3. The molecule has 0 aromatic rings. The van der Waals surface area contributed by atoms with Gasteiger partial charge in [-0.3, -0.25) is 14.3 Å². The van der Waals surface area contributed by atoms with Crippen molar-refractivity contribution in [3.8, 4) is 0 Å². The van der Waals surface area contributed by atoms with Crippen LogP contribution in [0.3, 0.4) is 0 Å². The highest BCUT2D eigenvalue weighted by Gasteiger charge is 2.12. The van der Waals surface area contributed by atoms with Crippen LogP contribution in [-0.2, 0) is 18.2 Å². The van der Waals surface area contributed by atoms with Crippen LogP contribution in [0.5, 0.6) is 0 Å². The zero-order valence-electron chi connectivity index (χ0n) is 16.8. The fraction of sp³-hybridized carbons (Fsp3) is 0.889. The molecule has 0 aromatic heterocycles. The van der Waals surface area contributed by atoms with Gasteiger partial charge >= 0.3 is 15.6 Å². The van der Waals surface area contributed by atoms with Crippen LogP contribution in [0.2, 0.25) is 0 Å². The van der Waals surface area contributed by atoms with E-state index in [-0.39, 0.29) is 6.61 Å². The van der Waals surface area contributed by atoms with Crippen molar-refractivity contribution in [2.24, 2.45) is 0 Å². The summed E-state index contributed by atoms with van der Waals surface area (Å²) in [5, 5.41) is 0. The zero-order valence-corrected chi connectivity index (χ0v) is 18.6. The minimum Gasteiger partial charge on any atom is -0.413 e. The smallest absolute Gasteiger partial charge is 0.413 e. The fourth-order valence-corrected chi connectivity index (χ4v) is 3.47. The molecule has 0 saturated carbocycles. The standard InChI is InChI=1S/C18H38O8P2/c19-27(20,21)25-17-15-13-11-9-7-5-3-1-2-4-6-8-10-12-14-16-18-26-28(22,23)24/h15,17H,1-14,16,18H2,(H2,19,20,21)(H2,22,23,24)/b17-15+. The first-order chi connectivity index (χ1) is 13.2. The first kappa shape index (κ1) is 27.8. The number of rotatable bonds is 20. The van der Waals surface area contributed by atoms with E-state index in [4.69, 9.17) is 19.6 Å². The normalized spacial score (nSPS) is 12.7. The molecule has 0 aliphatic heterocycles. The van der Waals surface area contributed by atoms with Crippen LogP contribution in [0, 0.1) is 0 Å². The molecule has 0 aromatic carbocycles. The molecule has 10 heteroatoms. The van der Waals surface area contributed by atoms with Gasteiger partial charge in [0.2, 0.25) is 0 Å². The molecule has 0 rings (SSSR count). The van der Waals surface area contributed by atoms with E-state index in [1.165, 1.54) is 57.8 Å². The van der Waals surface area contributed by atoms with E-state index in [0.29, 0.717) is 6.42 Å². The van der Waals surface area contributed by atoms with E-state index in [2.05, 4.69) is 9.05 Å². The van der Waals surface area contributed by atoms with E-state index in [1.54, 1.807) is 6.08 Å². The summed E-state index contributed by atoms with van der Waals surface area (Å²) in [5.41, 5.74) is 0. The topological polar surface area (TPSA) is 134 Å². The van der Waals surface area contributed by atoms with Crippen LogP contribution in [0.4, 0.5) is 0 Å². The fourth-order valence-electron chi connectivity index (χ4n) is 2.86. The van der Waals surface area contributed by atoms with E-state index in [1.807, 2.05) is 0 Å². The molecule has 0 fully saturated rings. The van der Waals surface area contributed by atoms with Gasteiger partial charge in [0.25, 0.3) is 0 Å². The Hall–Kier alpha value is -0.200. The molecule has 0 atom stereocenters. The Morgan fingerprint density at radius 2 is 0.964 bits per heavy atom. The van der Waals surface area contributed by atoms with Crippen LogP contribution in [0.25, 0.3) is 0 Å². The summed E-state index contributed by atoms with van der Waals surface area (Å²) >= 11 is 0. The Morgan fingerprint density at radius 3 is 1.36 bits per heavy atom. The number of allylic oxidation sites excluding steroid dienone is 1. The maximum atomic E-state index is 10.5. The third-order valence-corrected chi connectivity index (χ3v) is 5.23. The predicted octanol–water partition coefficient (Wildman–Crippen LogP) is 5.57. The summed E-state index contributed by atoms with van der Waals surface area (Å²) in [6.45, 7) is 0.131. The molecule has 0 unspecified atom stereocenters. The highest BCUT2D eigenvalue weighted by Crippen LogP contribution is 2.36. The lowest BCUT2D eigenvalue weighted by atomic mass is 10.0. The third-order valence-electron chi connectivity index (χ3n) is 4.32. The lowest BCUT2D eigenvalue weighted by molar-refractivity contribution is 0.193. The van der Waals surface area contributed by atoms with Crippen LogP contribution in [0.15, 0.2) is 12.3 Å². The molecule has 0 spiro atoms. The lowest BCUT2D eigenvalue weighted by Gasteiger charge is -2.05. The Bertz CT molecular complexity index is 472. The maximum absolute atomic E-state index is 10.5. The van der Waals surface area contributed by atoms with Crippen molar-refractivity contribution in [1.82, 2.24) is 0 Å². The average molecular weight is 444 g/mol. The second kappa shape index (κ2) is 17.6. The number of hydrogen-bond donors (Lipinski definition) is 4. The maximum Gasteiger partial charge on any atom is 0.524 e. The van der Waals surface area contributed by atoms with E-state index >= 15 is 0 Å². The minimum absolute atomic E-state index is 0.131. The van der Waals surface area contributed by atoms with Gasteiger partial charge in [-0.25, -0.2) is 9.13 Å². The van der Waals surface area contributed by atoms with Crippen LogP contribution in [-0.4, -0.2) is 26.2 Å². The number of hydrogen-bond acceptors (Lipinski definition) is 4. The second-order valence-corrected chi connectivity index (χ2v) is 9.46. The summed E-state index contributed by atoms with van der Waals surface area (Å²) in [5.74, 6) is 0. The van der Waals surface area contributed by atoms with Crippen molar-refractivity contribution in [3.05, 3.63) is 12.3 Å². The average Bonchev–Trinajstić information content (AvgIpc) is 2.58. The molecule has 0 radical (unpaired) electrons. The Labute approximate surface area is 169 Å². The van der Waals surface area contributed by atoms with Gasteiger partial charge in [0.1, 0.15) is 0 Å².